The van der Waals surface area contributed by atoms with E-state index in [4.69, 9.17) is 9.72 Å². The lowest BCUT2D eigenvalue weighted by atomic mass is 9.86. The molecule has 1 aliphatic rings. The third-order valence-electron chi connectivity index (χ3n) is 7.91. The highest BCUT2D eigenvalue weighted by molar-refractivity contribution is 6.11. The molecule has 7 rings (SSSR count). The number of aromatic nitrogens is 7. The Morgan fingerprint density at radius 1 is 0.919 bits per heavy atom. The van der Waals surface area contributed by atoms with Crippen molar-refractivity contribution in [3.05, 3.63) is 72.2 Å². The van der Waals surface area contributed by atoms with Crippen molar-refractivity contribution in [1.29, 1.82) is 0 Å². The van der Waals surface area contributed by atoms with E-state index in [1.54, 1.807) is 0 Å². The van der Waals surface area contributed by atoms with Crippen molar-refractivity contribution in [2.24, 2.45) is 20.0 Å². The fraction of sp³-hybridized carbons (Fsp3) is 0.310. The third kappa shape index (κ3) is 3.47. The maximum absolute atomic E-state index is 5.79. The Kier molecular flexibility index (Phi) is 5.11. The molecule has 1 fully saturated rings. The van der Waals surface area contributed by atoms with Gasteiger partial charge in [0, 0.05) is 49.8 Å². The Hall–Kier alpha value is -4.04. The standard InChI is InChI=1S/C29H29N7O/c1-18-28(35(3)33-32-18)22-14-26-27(30-16-22)23-13-21-17-31-34(2)24(21)15-25(23)36(26)29(19-7-5-4-6-8-19)20-9-11-37-12-10-20/h4-8,13-17,20,29H,9-12H2,1-3H3/t29-/m1/s1. The van der Waals surface area contributed by atoms with Crippen molar-refractivity contribution in [3.8, 4) is 11.3 Å². The maximum atomic E-state index is 5.79. The minimum absolute atomic E-state index is 0.151. The lowest BCUT2D eigenvalue weighted by Gasteiger charge is -2.33. The molecular weight excluding hydrogens is 462 g/mol. The van der Waals surface area contributed by atoms with Gasteiger partial charge >= 0.3 is 0 Å². The largest absolute Gasteiger partial charge is 0.381 e. The first kappa shape index (κ1) is 22.2. The fourth-order valence-electron chi connectivity index (χ4n) is 6.15. The van der Waals surface area contributed by atoms with Crippen molar-refractivity contribution < 1.29 is 4.74 Å². The number of benzene rings is 2. The van der Waals surface area contributed by atoms with E-state index in [0.717, 1.165) is 70.3 Å². The molecule has 8 nitrogen and oxygen atoms in total. The number of nitrogens with zero attached hydrogens (tertiary/aromatic N) is 7. The van der Waals surface area contributed by atoms with Gasteiger partial charge in [-0.3, -0.25) is 9.67 Å². The minimum Gasteiger partial charge on any atom is -0.381 e. The number of rotatable bonds is 4. The molecule has 0 N–H and O–H groups in total. The van der Waals surface area contributed by atoms with Gasteiger partial charge in [-0.1, -0.05) is 35.5 Å². The predicted molar refractivity (Wildman–Crippen MR) is 144 cm³/mol. The fourth-order valence-corrected chi connectivity index (χ4v) is 6.15. The van der Waals surface area contributed by atoms with E-state index >= 15 is 0 Å². The Balaban J connectivity index is 1.58. The van der Waals surface area contributed by atoms with Crippen LogP contribution in [0.4, 0.5) is 0 Å². The van der Waals surface area contributed by atoms with E-state index in [2.05, 4.69) is 68.5 Å². The normalized spacial score (nSPS) is 15.8. The Morgan fingerprint density at radius 3 is 2.49 bits per heavy atom. The molecule has 6 aromatic rings. The minimum atomic E-state index is 0.151. The van der Waals surface area contributed by atoms with E-state index in [0.29, 0.717) is 5.92 Å². The lowest BCUT2D eigenvalue weighted by molar-refractivity contribution is 0.0553. The van der Waals surface area contributed by atoms with E-state index in [1.165, 1.54) is 11.1 Å². The molecule has 1 atom stereocenters. The number of fused-ring (bicyclic) bond motifs is 4. The van der Waals surface area contributed by atoms with Gasteiger partial charge in [0.15, 0.2) is 0 Å². The summed E-state index contributed by atoms with van der Waals surface area (Å²) in [5, 5.41) is 15.3. The predicted octanol–water partition coefficient (Wildman–Crippen LogP) is 5.20. The molecule has 1 saturated heterocycles. The van der Waals surface area contributed by atoms with Crippen molar-refractivity contribution in [2.75, 3.05) is 13.2 Å². The second-order valence-corrected chi connectivity index (χ2v) is 10.1. The number of hydrogen-bond donors (Lipinski definition) is 0. The quantitative estimate of drug-likeness (QED) is 0.339. The van der Waals surface area contributed by atoms with Crippen LogP contribution in [0.15, 0.2) is 60.9 Å². The van der Waals surface area contributed by atoms with Gasteiger partial charge in [0.1, 0.15) is 0 Å². The van der Waals surface area contributed by atoms with Gasteiger partial charge in [0.05, 0.1) is 45.7 Å². The van der Waals surface area contributed by atoms with Crippen LogP contribution in [0.5, 0.6) is 0 Å². The van der Waals surface area contributed by atoms with E-state index in [1.807, 2.05) is 42.8 Å². The van der Waals surface area contributed by atoms with Gasteiger partial charge in [-0.15, -0.1) is 5.10 Å². The summed E-state index contributed by atoms with van der Waals surface area (Å²) in [6.07, 6.45) is 5.93. The first-order chi connectivity index (χ1) is 18.1. The van der Waals surface area contributed by atoms with Gasteiger partial charge in [0.2, 0.25) is 0 Å². The molecule has 0 amide bonds. The zero-order valence-corrected chi connectivity index (χ0v) is 21.3. The molecular formula is C29H29N7O. The summed E-state index contributed by atoms with van der Waals surface area (Å²) in [6, 6.07) is 17.8. The van der Waals surface area contributed by atoms with Crippen LogP contribution in [0.3, 0.4) is 0 Å². The van der Waals surface area contributed by atoms with Gasteiger partial charge < -0.3 is 9.30 Å². The van der Waals surface area contributed by atoms with Crippen molar-refractivity contribution in [1.82, 2.24) is 34.3 Å². The van der Waals surface area contributed by atoms with Crippen molar-refractivity contribution in [2.45, 2.75) is 25.8 Å². The van der Waals surface area contributed by atoms with Gasteiger partial charge in [-0.25, -0.2) is 4.68 Å². The summed E-state index contributed by atoms with van der Waals surface area (Å²) < 4.78 is 12.1. The van der Waals surface area contributed by atoms with Crippen LogP contribution in [-0.2, 0) is 18.8 Å². The Labute approximate surface area is 214 Å². The summed E-state index contributed by atoms with van der Waals surface area (Å²) >= 11 is 0. The second-order valence-electron chi connectivity index (χ2n) is 10.1. The highest BCUT2D eigenvalue weighted by Gasteiger charge is 2.30. The van der Waals surface area contributed by atoms with E-state index in [9.17, 15) is 0 Å². The van der Waals surface area contributed by atoms with Crippen molar-refractivity contribution >= 4 is 32.8 Å². The zero-order chi connectivity index (χ0) is 25.1. The number of ether oxygens (including phenoxy) is 1. The van der Waals surface area contributed by atoms with Crippen LogP contribution in [0.1, 0.15) is 30.1 Å². The molecule has 2 aromatic carbocycles. The number of pyridine rings is 1. The number of aryl methyl sites for hydroxylation is 3. The highest BCUT2D eigenvalue weighted by Crippen LogP contribution is 2.42. The zero-order valence-electron chi connectivity index (χ0n) is 21.3. The van der Waals surface area contributed by atoms with Crippen LogP contribution in [0.2, 0.25) is 0 Å². The van der Waals surface area contributed by atoms with Crippen LogP contribution in [0, 0.1) is 12.8 Å². The molecule has 4 aromatic heterocycles. The van der Waals surface area contributed by atoms with E-state index in [-0.39, 0.29) is 6.04 Å². The molecule has 0 saturated carbocycles. The molecule has 8 heteroatoms. The highest BCUT2D eigenvalue weighted by atomic mass is 16.5. The second kappa shape index (κ2) is 8.52. The van der Waals surface area contributed by atoms with Crippen LogP contribution >= 0.6 is 0 Å². The smallest absolute Gasteiger partial charge is 0.0960 e. The average Bonchev–Trinajstić information content (AvgIpc) is 3.57. The van der Waals surface area contributed by atoms with Crippen molar-refractivity contribution in [3.63, 3.8) is 0 Å². The molecule has 0 unspecified atom stereocenters. The van der Waals surface area contributed by atoms with E-state index < -0.39 is 0 Å². The summed E-state index contributed by atoms with van der Waals surface area (Å²) in [5.41, 5.74) is 8.63. The lowest BCUT2D eigenvalue weighted by Crippen LogP contribution is -2.26. The molecule has 0 bridgehead atoms. The van der Waals surface area contributed by atoms with Crippen LogP contribution in [0.25, 0.3) is 44.1 Å². The summed E-state index contributed by atoms with van der Waals surface area (Å²) in [5.74, 6) is 0.445. The first-order valence-electron chi connectivity index (χ1n) is 12.8. The molecule has 0 aliphatic carbocycles. The molecule has 37 heavy (non-hydrogen) atoms. The van der Waals surface area contributed by atoms with Gasteiger partial charge in [0.25, 0.3) is 0 Å². The topological polar surface area (TPSA) is 75.6 Å². The maximum Gasteiger partial charge on any atom is 0.0960 e. The molecule has 1 aliphatic heterocycles. The monoisotopic (exact) mass is 491 g/mol. The first-order valence-corrected chi connectivity index (χ1v) is 12.8. The van der Waals surface area contributed by atoms with Gasteiger partial charge in [-0.05, 0) is 49.4 Å². The van der Waals surface area contributed by atoms with Crippen LogP contribution < -0.4 is 0 Å². The van der Waals surface area contributed by atoms with Crippen LogP contribution in [-0.4, -0.2) is 47.5 Å². The summed E-state index contributed by atoms with van der Waals surface area (Å²) in [6.45, 7) is 3.58. The van der Waals surface area contributed by atoms with Gasteiger partial charge in [-0.2, -0.15) is 5.10 Å². The third-order valence-corrected chi connectivity index (χ3v) is 7.91. The number of hydrogen-bond acceptors (Lipinski definition) is 5. The summed E-state index contributed by atoms with van der Waals surface area (Å²) in [7, 11) is 3.94. The SMILES string of the molecule is Cc1nnn(C)c1-c1cnc2c3cc4cnn(C)c4cc3n([C@H](c3ccccc3)C3CCOCC3)c2c1. The molecule has 0 spiro atoms. The molecule has 186 valence electrons. The Bertz CT molecular complexity index is 1740. The molecule has 0 radical (unpaired) electrons. The Morgan fingerprint density at radius 2 is 1.73 bits per heavy atom. The average molecular weight is 492 g/mol. The molecule has 5 heterocycles. The summed E-state index contributed by atoms with van der Waals surface area (Å²) in [4.78, 5) is 5.06.